The van der Waals surface area contributed by atoms with Crippen molar-refractivity contribution < 1.29 is 18.3 Å². The first-order valence-corrected chi connectivity index (χ1v) is 9.22. The van der Waals surface area contributed by atoms with E-state index >= 15 is 0 Å². The Bertz CT molecular complexity index is 597. The minimum Gasteiger partial charge on any atom is -0.481 e. The molecule has 0 spiro atoms. The molecule has 7 nitrogen and oxygen atoms in total. The van der Waals surface area contributed by atoms with E-state index in [0.29, 0.717) is 23.8 Å². The van der Waals surface area contributed by atoms with E-state index in [2.05, 4.69) is 10.2 Å². The number of carboxylic acids is 1. The summed E-state index contributed by atoms with van der Waals surface area (Å²) in [5.74, 6) is -0.0242. The number of aromatic nitrogens is 3. The third-order valence-electron chi connectivity index (χ3n) is 3.18. The molecule has 1 unspecified atom stereocenters. The Morgan fingerprint density at radius 1 is 1.50 bits per heavy atom. The van der Waals surface area contributed by atoms with Crippen LogP contribution in [-0.2, 0) is 21.1 Å². The molecular weight excluding hydrogens is 302 g/mol. The van der Waals surface area contributed by atoms with Crippen LogP contribution in [0.15, 0.2) is 5.16 Å². The van der Waals surface area contributed by atoms with Gasteiger partial charge in [0.15, 0.2) is 15.0 Å². The highest BCUT2D eigenvalue weighted by molar-refractivity contribution is 7.99. The molecule has 0 radical (unpaired) electrons. The van der Waals surface area contributed by atoms with Crippen molar-refractivity contribution in [3.05, 3.63) is 5.82 Å². The summed E-state index contributed by atoms with van der Waals surface area (Å²) in [4.78, 5) is 10.7. The lowest BCUT2D eigenvalue weighted by Crippen LogP contribution is -2.29. The lowest BCUT2D eigenvalue weighted by atomic mass is 10.2. The van der Waals surface area contributed by atoms with Crippen molar-refractivity contribution in [2.45, 2.75) is 37.4 Å². The van der Waals surface area contributed by atoms with E-state index in [0.717, 1.165) is 18.2 Å². The molecule has 0 amide bonds. The fraction of sp³-hybridized carbons (Fsp3) is 0.727. The predicted molar refractivity (Wildman–Crippen MR) is 74.7 cm³/mol. The molecule has 1 aromatic rings. The van der Waals surface area contributed by atoms with E-state index in [1.165, 1.54) is 0 Å². The van der Waals surface area contributed by atoms with Crippen LogP contribution in [0.1, 0.15) is 31.6 Å². The molecule has 1 aliphatic heterocycles. The van der Waals surface area contributed by atoms with Crippen molar-refractivity contribution in [1.82, 2.24) is 14.8 Å². The van der Waals surface area contributed by atoms with Gasteiger partial charge >= 0.3 is 5.97 Å². The summed E-state index contributed by atoms with van der Waals surface area (Å²) in [6, 6.07) is -0.185. The standard InChI is InChI=1S/C11H17N3O4S2/c1-2-9-12-13-11(19-6-10(15)16)14(9)8-4-3-5-20(17,18)7-8/h8H,2-7H2,1H3,(H,15,16). The van der Waals surface area contributed by atoms with Gasteiger partial charge in [-0.2, -0.15) is 0 Å². The third-order valence-corrected chi connectivity index (χ3v) is 5.91. The number of thioether (sulfide) groups is 1. The number of hydrogen-bond donors (Lipinski definition) is 1. The zero-order chi connectivity index (χ0) is 14.8. The molecule has 1 N–H and O–H groups in total. The van der Waals surface area contributed by atoms with Gasteiger partial charge in [-0.3, -0.25) is 4.79 Å². The average Bonchev–Trinajstić information content (AvgIpc) is 2.78. The highest BCUT2D eigenvalue weighted by atomic mass is 32.2. The molecule has 0 aliphatic carbocycles. The second-order valence-electron chi connectivity index (χ2n) is 4.72. The predicted octanol–water partition coefficient (Wildman–Crippen LogP) is 0.767. The van der Waals surface area contributed by atoms with Gasteiger partial charge in [-0.25, -0.2) is 8.42 Å². The van der Waals surface area contributed by atoms with Gasteiger partial charge in [-0.05, 0) is 12.8 Å². The largest absolute Gasteiger partial charge is 0.481 e. The molecule has 2 heterocycles. The molecule has 1 fully saturated rings. The number of hydrogen-bond acceptors (Lipinski definition) is 6. The number of aliphatic carboxylic acids is 1. The molecule has 0 aromatic carbocycles. The number of sulfone groups is 1. The summed E-state index contributed by atoms with van der Waals surface area (Å²) in [5, 5.41) is 17.3. The third kappa shape index (κ3) is 3.51. The van der Waals surface area contributed by atoms with Gasteiger partial charge in [0.05, 0.1) is 23.3 Å². The van der Waals surface area contributed by atoms with Gasteiger partial charge in [0.25, 0.3) is 0 Å². The number of carboxylic acid groups (broad SMARTS) is 1. The zero-order valence-corrected chi connectivity index (χ0v) is 12.8. The molecule has 20 heavy (non-hydrogen) atoms. The molecule has 112 valence electrons. The fourth-order valence-electron chi connectivity index (χ4n) is 2.34. The van der Waals surface area contributed by atoms with E-state index in [1.807, 2.05) is 11.5 Å². The minimum absolute atomic E-state index is 0.0820. The molecule has 1 aliphatic rings. The summed E-state index contributed by atoms with van der Waals surface area (Å²) >= 11 is 1.08. The average molecular weight is 319 g/mol. The van der Waals surface area contributed by atoms with Crippen LogP contribution >= 0.6 is 11.8 Å². The smallest absolute Gasteiger partial charge is 0.313 e. The highest BCUT2D eigenvalue weighted by Crippen LogP contribution is 2.29. The fourth-order valence-corrected chi connectivity index (χ4v) is 4.76. The van der Waals surface area contributed by atoms with Crippen molar-refractivity contribution in [1.29, 1.82) is 0 Å². The van der Waals surface area contributed by atoms with E-state index in [4.69, 9.17) is 5.11 Å². The van der Waals surface area contributed by atoms with Crippen LogP contribution in [0.4, 0.5) is 0 Å². The van der Waals surface area contributed by atoms with E-state index in [9.17, 15) is 13.2 Å². The molecule has 9 heteroatoms. The first-order valence-electron chi connectivity index (χ1n) is 6.41. The summed E-state index contributed by atoms with van der Waals surface area (Å²) in [6.07, 6.45) is 2.01. The maximum Gasteiger partial charge on any atom is 0.313 e. The maximum absolute atomic E-state index is 11.8. The molecule has 0 saturated carbocycles. The van der Waals surface area contributed by atoms with Gasteiger partial charge in [0.1, 0.15) is 5.82 Å². The second-order valence-corrected chi connectivity index (χ2v) is 7.89. The number of aryl methyl sites for hydroxylation is 1. The Kier molecular flexibility index (Phi) is 4.69. The molecule has 2 rings (SSSR count). The number of rotatable bonds is 5. The SMILES string of the molecule is CCc1nnc(SCC(=O)O)n1C1CCCS(=O)(=O)C1. The Labute approximate surface area is 121 Å². The Morgan fingerprint density at radius 2 is 2.25 bits per heavy atom. The first kappa shape index (κ1) is 15.3. The van der Waals surface area contributed by atoms with E-state index < -0.39 is 15.8 Å². The molecule has 1 saturated heterocycles. The van der Waals surface area contributed by atoms with Crippen LogP contribution in [-0.4, -0.2) is 51.5 Å². The van der Waals surface area contributed by atoms with Crippen molar-refractivity contribution in [3.8, 4) is 0 Å². The summed E-state index contributed by atoms with van der Waals surface area (Å²) in [6.45, 7) is 1.92. The van der Waals surface area contributed by atoms with Crippen molar-refractivity contribution >= 4 is 27.6 Å². The summed E-state index contributed by atoms with van der Waals surface area (Å²) in [5.41, 5.74) is 0. The second kappa shape index (κ2) is 6.13. The van der Waals surface area contributed by atoms with Crippen LogP contribution in [0.25, 0.3) is 0 Å². The quantitative estimate of drug-likeness (QED) is 0.799. The number of nitrogens with zero attached hydrogens (tertiary/aromatic N) is 3. The van der Waals surface area contributed by atoms with Crippen LogP contribution in [0.2, 0.25) is 0 Å². The van der Waals surface area contributed by atoms with Gasteiger partial charge < -0.3 is 9.67 Å². The Balaban J connectivity index is 2.28. The maximum atomic E-state index is 11.8. The van der Waals surface area contributed by atoms with E-state index in [1.54, 1.807) is 0 Å². The number of carbonyl (C=O) groups is 1. The van der Waals surface area contributed by atoms with Crippen molar-refractivity contribution in [3.63, 3.8) is 0 Å². The van der Waals surface area contributed by atoms with Crippen LogP contribution in [0, 0.1) is 0 Å². The Morgan fingerprint density at radius 3 is 2.85 bits per heavy atom. The lowest BCUT2D eigenvalue weighted by molar-refractivity contribution is -0.133. The van der Waals surface area contributed by atoms with Crippen LogP contribution < -0.4 is 0 Å². The molecule has 1 atom stereocenters. The monoisotopic (exact) mass is 319 g/mol. The van der Waals surface area contributed by atoms with Gasteiger partial charge in [-0.1, -0.05) is 18.7 Å². The van der Waals surface area contributed by atoms with Crippen molar-refractivity contribution in [2.24, 2.45) is 0 Å². The molecular formula is C11H17N3O4S2. The Hall–Kier alpha value is -1.09. The van der Waals surface area contributed by atoms with Gasteiger partial charge in [0, 0.05) is 6.42 Å². The van der Waals surface area contributed by atoms with Crippen molar-refractivity contribution in [2.75, 3.05) is 17.3 Å². The zero-order valence-electron chi connectivity index (χ0n) is 11.2. The van der Waals surface area contributed by atoms with Crippen LogP contribution in [0.5, 0.6) is 0 Å². The normalized spacial score (nSPS) is 21.8. The molecule has 0 bridgehead atoms. The lowest BCUT2D eigenvalue weighted by Gasteiger charge is -2.25. The summed E-state index contributed by atoms with van der Waals surface area (Å²) in [7, 11) is -3.03. The highest BCUT2D eigenvalue weighted by Gasteiger charge is 2.29. The van der Waals surface area contributed by atoms with Gasteiger partial charge in [-0.15, -0.1) is 10.2 Å². The van der Waals surface area contributed by atoms with Gasteiger partial charge in [0.2, 0.25) is 0 Å². The van der Waals surface area contributed by atoms with E-state index in [-0.39, 0.29) is 23.3 Å². The topological polar surface area (TPSA) is 102 Å². The summed E-state index contributed by atoms with van der Waals surface area (Å²) < 4.78 is 25.4. The van der Waals surface area contributed by atoms with Crippen LogP contribution in [0.3, 0.4) is 0 Å². The first-order chi connectivity index (χ1) is 9.43. The minimum atomic E-state index is -3.03. The molecule has 1 aromatic heterocycles.